The largest absolute Gasteiger partial charge is 0.399 e. The van der Waals surface area contributed by atoms with Gasteiger partial charge in [0.1, 0.15) is 0 Å². The molecule has 0 radical (unpaired) electrons. The van der Waals surface area contributed by atoms with Gasteiger partial charge in [0.15, 0.2) is 0 Å². The summed E-state index contributed by atoms with van der Waals surface area (Å²) in [5, 5.41) is 0. The minimum atomic E-state index is -0.256. The zero-order valence-electron chi connectivity index (χ0n) is 9.41. The molecule has 2 N–H and O–H groups in total. The maximum Gasteiger partial charge on any atom is 0.0906 e. The summed E-state index contributed by atoms with van der Waals surface area (Å²) in [6.07, 6.45) is 0.586. The molecule has 0 saturated carbocycles. The van der Waals surface area contributed by atoms with Gasteiger partial charge in [-0.1, -0.05) is 12.1 Å². The highest BCUT2D eigenvalue weighted by atomic mass is 19.1. The predicted octanol–water partition coefficient (Wildman–Crippen LogP) is 2.62. The maximum absolute atomic E-state index is 12.0. The zero-order chi connectivity index (χ0) is 11.3. The van der Waals surface area contributed by atoms with E-state index in [4.69, 9.17) is 5.73 Å². The average Bonchev–Trinajstić information content (AvgIpc) is 2.24. The molecular weight excluding hydrogens is 191 g/mol. The number of rotatable bonds is 5. The van der Waals surface area contributed by atoms with Crippen molar-refractivity contribution >= 4 is 5.69 Å². The Morgan fingerprint density at radius 1 is 1.47 bits per heavy atom. The third-order valence-electron chi connectivity index (χ3n) is 2.70. The van der Waals surface area contributed by atoms with Crippen LogP contribution in [0, 0.1) is 0 Å². The van der Waals surface area contributed by atoms with Gasteiger partial charge in [0, 0.05) is 18.3 Å². The van der Waals surface area contributed by atoms with Crippen LogP contribution in [0.1, 0.15) is 24.9 Å². The summed E-state index contributed by atoms with van der Waals surface area (Å²) in [5.41, 5.74) is 7.67. The van der Waals surface area contributed by atoms with Crippen LogP contribution in [0.15, 0.2) is 24.3 Å². The molecule has 1 atom stereocenters. The molecular formula is C12H19FN2. The van der Waals surface area contributed by atoms with Crippen LogP contribution < -0.4 is 5.73 Å². The number of nitrogens with two attached hydrogens (primary N) is 1. The van der Waals surface area contributed by atoms with Crippen molar-refractivity contribution in [3.8, 4) is 0 Å². The number of halogens is 1. The lowest BCUT2D eigenvalue weighted by atomic mass is 10.1. The molecule has 15 heavy (non-hydrogen) atoms. The quantitative estimate of drug-likeness (QED) is 0.757. The highest BCUT2D eigenvalue weighted by Gasteiger charge is 2.10. The van der Waals surface area contributed by atoms with Crippen molar-refractivity contribution in [2.75, 3.05) is 26.0 Å². The summed E-state index contributed by atoms with van der Waals surface area (Å²) < 4.78 is 12.0. The van der Waals surface area contributed by atoms with E-state index in [1.807, 2.05) is 31.3 Å². The first-order chi connectivity index (χ1) is 7.15. The smallest absolute Gasteiger partial charge is 0.0906 e. The second-order valence-corrected chi connectivity index (χ2v) is 3.87. The second kappa shape index (κ2) is 5.71. The van der Waals surface area contributed by atoms with E-state index in [-0.39, 0.29) is 12.7 Å². The molecule has 0 aliphatic rings. The highest BCUT2D eigenvalue weighted by Crippen LogP contribution is 2.20. The summed E-state index contributed by atoms with van der Waals surface area (Å²) >= 11 is 0. The maximum atomic E-state index is 12.0. The summed E-state index contributed by atoms with van der Waals surface area (Å²) in [6.45, 7) is 2.62. The van der Waals surface area contributed by atoms with Crippen molar-refractivity contribution in [2.24, 2.45) is 0 Å². The van der Waals surface area contributed by atoms with Crippen molar-refractivity contribution in [3.05, 3.63) is 29.8 Å². The van der Waals surface area contributed by atoms with E-state index in [1.54, 1.807) is 0 Å². The number of hydrogen-bond donors (Lipinski definition) is 1. The van der Waals surface area contributed by atoms with Crippen molar-refractivity contribution < 1.29 is 4.39 Å². The molecule has 2 nitrogen and oxygen atoms in total. The van der Waals surface area contributed by atoms with Crippen LogP contribution in [0.5, 0.6) is 0 Å². The van der Waals surface area contributed by atoms with Gasteiger partial charge in [-0.15, -0.1) is 0 Å². The molecule has 0 aliphatic carbocycles. The van der Waals surface area contributed by atoms with Crippen LogP contribution in [0.4, 0.5) is 10.1 Å². The molecule has 0 spiro atoms. The van der Waals surface area contributed by atoms with E-state index in [0.29, 0.717) is 6.42 Å². The number of alkyl halides is 1. The van der Waals surface area contributed by atoms with E-state index < -0.39 is 0 Å². The summed E-state index contributed by atoms with van der Waals surface area (Å²) in [5.74, 6) is 0. The number of nitrogens with zero attached hydrogens (tertiary/aromatic N) is 1. The van der Waals surface area contributed by atoms with Crippen molar-refractivity contribution in [2.45, 2.75) is 19.4 Å². The first-order valence-electron chi connectivity index (χ1n) is 5.26. The minimum Gasteiger partial charge on any atom is -0.399 e. The molecule has 0 aromatic heterocycles. The number of anilines is 1. The highest BCUT2D eigenvalue weighted by molar-refractivity contribution is 5.41. The van der Waals surface area contributed by atoms with Crippen LogP contribution in [0.3, 0.4) is 0 Å². The fraction of sp³-hybridized carbons (Fsp3) is 0.500. The Bertz CT molecular complexity index is 301. The Kier molecular flexibility index (Phi) is 4.56. The molecule has 0 heterocycles. The lowest BCUT2D eigenvalue weighted by Gasteiger charge is -2.24. The van der Waals surface area contributed by atoms with Crippen LogP contribution in [-0.2, 0) is 0 Å². The topological polar surface area (TPSA) is 29.3 Å². The third kappa shape index (κ3) is 3.51. The van der Waals surface area contributed by atoms with E-state index >= 15 is 0 Å². The monoisotopic (exact) mass is 210 g/mol. The normalized spacial score (nSPS) is 13.1. The van der Waals surface area contributed by atoms with Gasteiger partial charge in [0.05, 0.1) is 6.67 Å². The van der Waals surface area contributed by atoms with Crippen LogP contribution >= 0.6 is 0 Å². The van der Waals surface area contributed by atoms with Gasteiger partial charge in [-0.05, 0) is 38.1 Å². The molecule has 1 aromatic rings. The van der Waals surface area contributed by atoms with Crippen LogP contribution in [0.2, 0.25) is 0 Å². The Morgan fingerprint density at radius 3 is 2.80 bits per heavy atom. The fourth-order valence-corrected chi connectivity index (χ4v) is 1.58. The van der Waals surface area contributed by atoms with Crippen LogP contribution in [-0.4, -0.2) is 25.2 Å². The molecule has 0 amide bonds. The van der Waals surface area contributed by atoms with E-state index in [9.17, 15) is 4.39 Å². The molecule has 84 valence electrons. The number of hydrogen-bond acceptors (Lipinski definition) is 2. The van der Waals surface area contributed by atoms with Gasteiger partial charge in [0.2, 0.25) is 0 Å². The lowest BCUT2D eigenvalue weighted by molar-refractivity contribution is 0.248. The van der Waals surface area contributed by atoms with Gasteiger partial charge >= 0.3 is 0 Å². The Labute approximate surface area is 90.9 Å². The van der Waals surface area contributed by atoms with Gasteiger partial charge in [-0.3, -0.25) is 9.29 Å². The molecule has 0 bridgehead atoms. The molecule has 1 rings (SSSR count). The van der Waals surface area contributed by atoms with Gasteiger partial charge < -0.3 is 5.73 Å². The molecule has 3 heteroatoms. The van der Waals surface area contributed by atoms with Crippen molar-refractivity contribution in [1.29, 1.82) is 0 Å². The number of benzene rings is 1. The Balaban J connectivity index is 2.62. The Hall–Kier alpha value is -1.09. The van der Waals surface area contributed by atoms with Gasteiger partial charge in [-0.25, -0.2) is 0 Å². The summed E-state index contributed by atoms with van der Waals surface area (Å²) in [7, 11) is 2.00. The number of nitrogen functional groups attached to an aromatic ring is 1. The average molecular weight is 210 g/mol. The van der Waals surface area contributed by atoms with Crippen molar-refractivity contribution in [1.82, 2.24) is 4.90 Å². The van der Waals surface area contributed by atoms with E-state index in [0.717, 1.165) is 12.2 Å². The minimum absolute atomic E-state index is 0.256. The molecule has 0 fully saturated rings. The fourth-order valence-electron chi connectivity index (χ4n) is 1.58. The molecule has 1 aromatic carbocycles. The van der Waals surface area contributed by atoms with E-state index in [2.05, 4.69) is 11.8 Å². The molecule has 1 unspecified atom stereocenters. The molecule has 0 saturated heterocycles. The SMILES string of the molecule is CC(c1cccc(N)c1)N(C)CCCF. The van der Waals surface area contributed by atoms with Crippen molar-refractivity contribution in [3.63, 3.8) is 0 Å². The molecule has 0 aliphatic heterocycles. The van der Waals surface area contributed by atoms with Gasteiger partial charge in [0.25, 0.3) is 0 Å². The van der Waals surface area contributed by atoms with Gasteiger partial charge in [-0.2, -0.15) is 0 Å². The Morgan fingerprint density at radius 2 is 2.20 bits per heavy atom. The third-order valence-corrected chi connectivity index (χ3v) is 2.70. The lowest BCUT2D eigenvalue weighted by Crippen LogP contribution is -2.23. The first kappa shape index (κ1) is 12.0. The first-order valence-corrected chi connectivity index (χ1v) is 5.26. The summed E-state index contributed by atoms with van der Waals surface area (Å²) in [6, 6.07) is 8.12. The second-order valence-electron chi connectivity index (χ2n) is 3.87. The van der Waals surface area contributed by atoms with E-state index in [1.165, 1.54) is 5.56 Å². The zero-order valence-corrected chi connectivity index (χ0v) is 9.41. The standard InChI is InChI=1S/C12H19FN2/c1-10(15(2)8-4-7-13)11-5-3-6-12(14)9-11/h3,5-6,9-10H,4,7-8,14H2,1-2H3. The van der Waals surface area contributed by atoms with Crippen LogP contribution in [0.25, 0.3) is 0 Å². The summed E-state index contributed by atoms with van der Waals surface area (Å²) in [4.78, 5) is 2.13. The predicted molar refractivity (Wildman–Crippen MR) is 62.5 cm³/mol.